The van der Waals surface area contributed by atoms with E-state index in [0.717, 1.165) is 18.7 Å². The fraction of sp³-hybridized carbons (Fsp3) is 0.647. The zero-order valence-corrected chi connectivity index (χ0v) is 14.0. The second-order valence-corrected chi connectivity index (χ2v) is 5.61. The molecule has 2 rings (SSSR count). The topological polar surface area (TPSA) is 60.4 Å². The quantitative estimate of drug-likeness (QED) is 0.844. The summed E-state index contributed by atoms with van der Waals surface area (Å²) in [5, 5.41) is 9.71. The number of ether oxygens (including phenoxy) is 4. The van der Waals surface area contributed by atoms with Gasteiger partial charge < -0.3 is 29.0 Å². The van der Waals surface area contributed by atoms with Gasteiger partial charge in [-0.1, -0.05) is 6.07 Å². The fourth-order valence-corrected chi connectivity index (χ4v) is 2.19. The van der Waals surface area contributed by atoms with E-state index in [9.17, 15) is 5.11 Å². The zero-order chi connectivity index (χ0) is 16.5. The minimum Gasteiger partial charge on any atom is -0.487 e. The maximum atomic E-state index is 9.71. The molecule has 0 radical (unpaired) electrons. The lowest BCUT2D eigenvalue weighted by molar-refractivity contribution is 0.0677. The molecule has 0 aromatic heterocycles. The van der Waals surface area contributed by atoms with Crippen LogP contribution in [-0.4, -0.2) is 69.8 Å². The van der Waals surface area contributed by atoms with Gasteiger partial charge in [-0.15, -0.1) is 0 Å². The number of aliphatic hydroxyl groups is 1. The summed E-state index contributed by atoms with van der Waals surface area (Å²) in [6.07, 6.45) is -0.546. The smallest absolute Gasteiger partial charge is 0.161 e. The van der Waals surface area contributed by atoms with E-state index in [4.69, 9.17) is 18.9 Å². The molecule has 130 valence electrons. The minimum absolute atomic E-state index is 0.444. The lowest BCUT2D eigenvalue weighted by Crippen LogP contribution is -2.27. The molecule has 23 heavy (non-hydrogen) atoms. The molecule has 0 bridgehead atoms. The predicted molar refractivity (Wildman–Crippen MR) is 87.2 cm³/mol. The fourth-order valence-electron chi connectivity index (χ4n) is 2.19. The van der Waals surface area contributed by atoms with Crippen LogP contribution in [0.15, 0.2) is 18.2 Å². The van der Waals surface area contributed by atoms with Gasteiger partial charge in [0, 0.05) is 13.1 Å². The maximum Gasteiger partial charge on any atom is 0.161 e. The van der Waals surface area contributed by atoms with Crippen LogP contribution in [0.25, 0.3) is 0 Å². The van der Waals surface area contributed by atoms with E-state index in [2.05, 4.69) is 4.90 Å². The zero-order valence-electron chi connectivity index (χ0n) is 14.0. The molecule has 0 unspecified atom stereocenters. The average molecular weight is 325 g/mol. The van der Waals surface area contributed by atoms with Gasteiger partial charge in [-0.3, -0.25) is 0 Å². The highest BCUT2D eigenvalue weighted by Crippen LogP contribution is 2.30. The maximum absolute atomic E-state index is 9.71. The Kier molecular flexibility index (Phi) is 7.61. The summed E-state index contributed by atoms with van der Waals surface area (Å²) < 4.78 is 22.6. The van der Waals surface area contributed by atoms with Crippen LogP contribution in [0.3, 0.4) is 0 Å². The number of hydrogen-bond donors (Lipinski definition) is 1. The summed E-state index contributed by atoms with van der Waals surface area (Å²) in [4.78, 5) is 2.17. The summed E-state index contributed by atoms with van der Waals surface area (Å²) in [7, 11) is 2.05. The van der Waals surface area contributed by atoms with Crippen LogP contribution in [0.1, 0.15) is 18.6 Å². The van der Waals surface area contributed by atoms with Crippen LogP contribution < -0.4 is 9.47 Å². The lowest BCUT2D eigenvalue weighted by Gasteiger charge is -2.16. The molecule has 0 spiro atoms. The SMILES string of the molecule is C[C@@H](O)c1ccc2c(c1)OCCOCCN(C)CCOCCO2. The molecule has 6 heteroatoms. The molecular formula is C17H27NO5. The average Bonchev–Trinajstić information content (AvgIpc) is 2.54. The van der Waals surface area contributed by atoms with Gasteiger partial charge in [0.05, 0.1) is 32.5 Å². The predicted octanol–water partition coefficient (Wildman–Crippen LogP) is 1.48. The highest BCUT2D eigenvalue weighted by Gasteiger charge is 2.10. The van der Waals surface area contributed by atoms with Gasteiger partial charge in [0.15, 0.2) is 11.5 Å². The molecule has 6 nitrogen and oxygen atoms in total. The molecule has 1 aromatic carbocycles. The summed E-state index contributed by atoms with van der Waals surface area (Å²) >= 11 is 0. The first-order valence-electron chi connectivity index (χ1n) is 8.08. The Labute approximate surface area is 137 Å². The lowest BCUT2D eigenvalue weighted by atomic mass is 10.1. The molecule has 1 aliphatic heterocycles. The van der Waals surface area contributed by atoms with Gasteiger partial charge in [0.25, 0.3) is 0 Å². The second kappa shape index (κ2) is 9.72. The molecule has 0 fully saturated rings. The molecule has 1 aliphatic rings. The van der Waals surface area contributed by atoms with Gasteiger partial charge in [0.2, 0.25) is 0 Å². The van der Waals surface area contributed by atoms with Crippen LogP contribution >= 0.6 is 0 Å². The van der Waals surface area contributed by atoms with Gasteiger partial charge in [-0.25, -0.2) is 0 Å². The Morgan fingerprint density at radius 2 is 1.52 bits per heavy atom. The van der Waals surface area contributed by atoms with Crippen molar-refractivity contribution in [3.63, 3.8) is 0 Å². The van der Waals surface area contributed by atoms with Gasteiger partial charge in [-0.05, 0) is 31.7 Å². The number of hydrogen-bond acceptors (Lipinski definition) is 6. The van der Waals surface area contributed by atoms with Crippen molar-refractivity contribution < 1.29 is 24.1 Å². The van der Waals surface area contributed by atoms with E-state index in [0.29, 0.717) is 51.1 Å². The first kappa shape index (κ1) is 18.0. The highest BCUT2D eigenvalue weighted by molar-refractivity contribution is 5.43. The van der Waals surface area contributed by atoms with Crippen molar-refractivity contribution in [3.05, 3.63) is 23.8 Å². The molecule has 1 atom stereocenters. The molecule has 1 heterocycles. The largest absolute Gasteiger partial charge is 0.487 e. The van der Waals surface area contributed by atoms with Crippen molar-refractivity contribution in [2.24, 2.45) is 0 Å². The van der Waals surface area contributed by atoms with Crippen molar-refractivity contribution in [2.75, 3.05) is 59.8 Å². The normalized spacial score (nSPS) is 20.3. The standard InChI is InChI=1S/C17H27NO5/c1-14(19)15-3-4-16-17(13-15)23-12-10-21-8-6-18(2)5-7-20-9-11-22-16/h3-4,13-14,19H,5-12H2,1-2H3/t14-/m1/s1. The molecule has 0 saturated heterocycles. The van der Waals surface area contributed by atoms with Crippen LogP contribution in [0, 0.1) is 0 Å². The Morgan fingerprint density at radius 3 is 2.13 bits per heavy atom. The van der Waals surface area contributed by atoms with Crippen LogP contribution in [-0.2, 0) is 9.47 Å². The third kappa shape index (κ3) is 6.35. The third-order valence-corrected chi connectivity index (χ3v) is 3.66. The number of likely N-dealkylation sites (N-methyl/N-ethyl adjacent to an activating group) is 1. The Hall–Kier alpha value is -1.34. The van der Waals surface area contributed by atoms with Crippen molar-refractivity contribution in [2.45, 2.75) is 13.0 Å². The van der Waals surface area contributed by atoms with Crippen molar-refractivity contribution in [3.8, 4) is 11.5 Å². The highest BCUT2D eigenvalue weighted by atomic mass is 16.6. The third-order valence-electron chi connectivity index (χ3n) is 3.66. The summed E-state index contributed by atoms with van der Waals surface area (Å²) in [5.74, 6) is 1.28. The molecule has 1 aromatic rings. The summed E-state index contributed by atoms with van der Waals surface area (Å²) in [6, 6.07) is 5.48. The molecular weight excluding hydrogens is 298 g/mol. The Morgan fingerprint density at radius 1 is 0.913 bits per heavy atom. The Bertz CT molecular complexity index is 466. The van der Waals surface area contributed by atoms with Crippen LogP contribution in [0.5, 0.6) is 11.5 Å². The molecule has 1 N–H and O–H groups in total. The number of rotatable bonds is 1. The monoisotopic (exact) mass is 325 g/mol. The van der Waals surface area contributed by atoms with Crippen molar-refractivity contribution in [1.82, 2.24) is 4.90 Å². The van der Waals surface area contributed by atoms with E-state index in [1.807, 2.05) is 25.2 Å². The number of aliphatic hydroxyl groups excluding tert-OH is 1. The van der Waals surface area contributed by atoms with E-state index in [1.165, 1.54) is 0 Å². The van der Waals surface area contributed by atoms with Crippen molar-refractivity contribution >= 4 is 0 Å². The number of nitrogens with zero attached hydrogens (tertiary/aromatic N) is 1. The Balaban J connectivity index is 2.00. The van der Waals surface area contributed by atoms with Crippen LogP contribution in [0.4, 0.5) is 0 Å². The van der Waals surface area contributed by atoms with Gasteiger partial charge >= 0.3 is 0 Å². The van der Waals surface area contributed by atoms with Gasteiger partial charge in [0.1, 0.15) is 13.2 Å². The second-order valence-electron chi connectivity index (χ2n) is 5.61. The van der Waals surface area contributed by atoms with Gasteiger partial charge in [-0.2, -0.15) is 0 Å². The van der Waals surface area contributed by atoms with E-state index in [-0.39, 0.29) is 0 Å². The van der Waals surface area contributed by atoms with E-state index >= 15 is 0 Å². The number of fused-ring (bicyclic) bond motifs is 1. The first-order chi connectivity index (χ1) is 11.2. The molecule has 0 saturated carbocycles. The summed E-state index contributed by atoms with van der Waals surface area (Å²) in [6.45, 7) is 6.75. The number of benzene rings is 1. The van der Waals surface area contributed by atoms with Crippen LogP contribution in [0.2, 0.25) is 0 Å². The first-order valence-corrected chi connectivity index (χ1v) is 8.08. The van der Waals surface area contributed by atoms with E-state index < -0.39 is 6.10 Å². The molecule has 0 amide bonds. The van der Waals surface area contributed by atoms with E-state index in [1.54, 1.807) is 6.92 Å². The molecule has 0 aliphatic carbocycles. The minimum atomic E-state index is -0.546. The van der Waals surface area contributed by atoms with Crippen molar-refractivity contribution in [1.29, 1.82) is 0 Å². The summed E-state index contributed by atoms with van der Waals surface area (Å²) in [5.41, 5.74) is 0.795.